The summed E-state index contributed by atoms with van der Waals surface area (Å²) in [6.07, 6.45) is 2.86. The lowest BCUT2D eigenvalue weighted by molar-refractivity contribution is 0.616. The third-order valence-electron chi connectivity index (χ3n) is 2.03. The highest BCUT2D eigenvalue weighted by Crippen LogP contribution is 2.19. The molecule has 0 bridgehead atoms. The molecule has 1 heterocycles. The summed E-state index contributed by atoms with van der Waals surface area (Å²) in [7, 11) is 0. The molecule has 2 nitrogen and oxygen atoms in total. The summed E-state index contributed by atoms with van der Waals surface area (Å²) in [5.74, 6) is 0. The van der Waals surface area contributed by atoms with Gasteiger partial charge in [-0.25, -0.2) is 0 Å². The van der Waals surface area contributed by atoms with Crippen LogP contribution in [-0.4, -0.2) is 6.54 Å². The summed E-state index contributed by atoms with van der Waals surface area (Å²) in [6.45, 7) is 3.17. The SMILES string of the molecule is CCCNc1ccc2occc2c1. The Morgan fingerprint density at radius 3 is 3.08 bits per heavy atom. The molecule has 0 unspecified atom stereocenters. The van der Waals surface area contributed by atoms with E-state index in [1.54, 1.807) is 6.26 Å². The fraction of sp³-hybridized carbons (Fsp3) is 0.273. The number of hydrogen-bond donors (Lipinski definition) is 1. The summed E-state index contributed by atoms with van der Waals surface area (Å²) < 4.78 is 5.25. The Bertz CT molecular complexity index is 392. The van der Waals surface area contributed by atoms with Gasteiger partial charge in [0.15, 0.2) is 0 Å². The zero-order valence-corrected chi connectivity index (χ0v) is 7.71. The second-order valence-corrected chi connectivity index (χ2v) is 3.10. The molecular formula is C11H13NO. The molecule has 0 aliphatic heterocycles. The van der Waals surface area contributed by atoms with E-state index in [2.05, 4.69) is 18.3 Å². The number of hydrogen-bond acceptors (Lipinski definition) is 2. The first-order valence-electron chi connectivity index (χ1n) is 4.61. The van der Waals surface area contributed by atoms with E-state index < -0.39 is 0 Å². The van der Waals surface area contributed by atoms with Crippen molar-refractivity contribution in [3.05, 3.63) is 30.5 Å². The first-order chi connectivity index (χ1) is 6.40. The van der Waals surface area contributed by atoms with Crippen molar-refractivity contribution in [3.8, 4) is 0 Å². The maximum Gasteiger partial charge on any atom is 0.133 e. The van der Waals surface area contributed by atoms with E-state index >= 15 is 0 Å². The first-order valence-corrected chi connectivity index (χ1v) is 4.61. The largest absolute Gasteiger partial charge is 0.464 e. The highest BCUT2D eigenvalue weighted by atomic mass is 16.3. The van der Waals surface area contributed by atoms with Crippen molar-refractivity contribution in [2.24, 2.45) is 0 Å². The lowest BCUT2D eigenvalue weighted by Crippen LogP contribution is -1.98. The van der Waals surface area contributed by atoms with Gasteiger partial charge in [-0.2, -0.15) is 0 Å². The molecule has 13 heavy (non-hydrogen) atoms. The monoisotopic (exact) mass is 175 g/mol. The van der Waals surface area contributed by atoms with E-state index in [1.807, 2.05) is 18.2 Å². The molecule has 0 amide bonds. The van der Waals surface area contributed by atoms with Gasteiger partial charge < -0.3 is 9.73 Å². The molecule has 0 aliphatic rings. The summed E-state index contributed by atoms with van der Waals surface area (Å²) in [5, 5.41) is 4.49. The minimum absolute atomic E-state index is 0.946. The molecule has 2 heteroatoms. The summed E-state index contributed by atoms with van der Waals surface area (Å²) in [4.78, 5) is 0. The van der Waals surface area contributed by atoms with E-state index in [1.165, 1.54) is 0 Å². The van der Waals surface area contributed by atoms with Crippen LogP contribution in [0.25, 0.3) is 11.0 Å². The van der Waals surface area contributed by atoms with Crippen molar-refractivity contribution < 1.29 is 4.42 Å². The lowest BCUT2D eigenvalue weighted by atomic mass is 10.2. The molecule has 2 rings (SSSR count). The van der Waals surface area contributed by atoms with Gasteiger partial charge in [0.1, 0.15) is 5.58 Å². The van der Waals surface area contributed by atoms with Crippen LogP contribution in [0.4, 0.5) is 5.69 Å². The Kier molecular flexibility index (Phi) is 2.21. The molecule has 0 atom stereocenters. The maximum absolute atomic E-state index is 5.25. The third-order valence-corrected chi connectivity index (χ3v) is 2.03. The van der Waals surface area contributed by atoms with Crippen LogP contribution >= 0.6 is 0 Å². The predicted octanol–water partition coefficient (Wildman–Crippen LogP) is 3.25. The van der Waals surface area contributed by atoms with Crippen molar-refractivity contribution >= 4 is 16.7 Å². The third kappa shape index (κ3) is 1.66. The Morgan fingerprint density at radius 2 is 2.23 bits per heavy atom. The molecule has 1 N–H and O–H groups in total. The molecule has 0 radical (unpaired) electrons. The lowest BCUT2D eigenvalue weighted by Gasteiger charge is -2.03. The van der Waals surface area contributed by atoms with Crippen molar-refractivity contribution in [1.82, 2.24) is 0 Å². The van der Waals surface area contributed by atoms with E-state index in [9.17, 15) is 0 Å². The highest BCUT2D eigenvalue weighted by molar-refractivity contribution is 5.80. The highest BCUT2D eigenvalue weighted by Gasteiger charge is 1.96. The maximum atomic E-state index is 5.25. The van der Waals surface area contributed by atoms with Gasteiger partial charge in [0.25, 0.3) is 0 Å². The van der Waals surface area contributed by atoms with Crippen molar-refractivity contribution in [1.29, 1.82) is 0 Å². The molecule has 1 aromatic carbocycles. The minimum Gasteiger partial charge on any atom is -0.464 e. The summed E-state index contributed by atoms with van der Waals surface area (Å²) in [6, 6.07) is 8.12. The Hall–Kier alpha value is -1.44. The summed E-state index contributed by atoms with van der Waals surface area (Å²) in [5.41, 5.74) is 2.11. The fourth-order valence-corrected chi connectivity index (χ4v) is 1.35. The number of fused-ring (bicyclic) bond motifs is 1. The molecule has 2 aromatic rings. The first kappa shape index (κ1) is 8.17. The van der Waals surface area contributed by atoms with Crippen LogP contribution in [0.5, 0.6) is 0 Å². The van der Waals surface area contributed by atoms with Crippen LogP contribution in [0.1, 0.15) is 13.3 Å². The van der Waals surface area contributed by atoms with Gasteiger partial charge in [-0.15, -0.1) is 0 Å². The van der Waals surface area contributed by atoms with Gasteiger partial charge in [-0.3, -0.25) is 0 Å². The molecule has 1 aromatic heterocycles. The number of benzene rings is 1. The van der Waals surface area contributed by atoms with Crippen LogP contribution in [0.2, 0.25) is 0 Å². The number of anilines is 1. The molecule has 0 saturated heterocycles. The van der Waals surface area contributed by atoms with Gasteiger partial charge in [0.2, 0.25) is 0 Å². The van der Waals surface area contributed by atoms with Crippen molar-refractivity contribution in [3.63, 3.8) is 0 Å². The molecular weight excluding hydrogens is 162 g/mol. The van der Waals surface area contributed by atoms with Crippen LogP contribution in [0.3, 0.4) is 0 Å². The molecule has 0 spiro atoms. The molecule has 0 aliphatic carbocycles. The Labute approximate surface area is 77.6 Å². The van der Waals surface area contributed by atoms with E-state index in [-0.39, 0.29) is 0 Å². The van der Waals surface area contributed by atoms with Gasteiger partial charge in [-0.1, -0.05) is 6.92 Å². The second kappa shape index (κ2) is 3.52. The summed E-state index contributed by atoms with van der Waals surface area (Å²) >= 11 is 0. The van der Waals surface area contributed by atoms with Gasteiger partial charge >= 0.3 is 0 Å². The average Bonchev–Trinajstić information content (AvgIpc) is 2.61. The second-order valence-electron chi connectivity index (χ2n) is 3.10. The molecule has 0 fully saturated rings. The van der Waals surface area contributed by atoms with Crippen LogP contribution < -0.4 is 5.32 Å². The average molecular weight is 175 g/mol. The van der Waals surface area contributed by atoms with Crippen molar-refractivity contribution in [2.45, 2.75) is 13.3 Å². The van der Waals surface area contributed by atoms with Crippen LogP contribution in [0.15, 0.2) is 34.9 Å². The quantitative estimate of drug-likeness (QED) is 0.774. The smallest absolute Gasteiger partial charge is 0.133 e. The van der Waals surface area contributed by atoms with Gasteiger partial charge in [0, 0.05) is 17.6 Å². The minimum atomic E-state index is 0.946. The van der Waals surface area contributed by atoms with E-state index in [0.29, 0.717) is 0 Å². The zero-order chi connectivity index (χ0) is 9.10. The number of rotatable bonds is 3. The van der Waals surface area contributed by atoms with E-state index in [0.717, 1.165) is 29.6 Å². The zero-order valence-electron chi connectivity index (χ0n) is 7.71. The number of nitrogens with one attached hydrogen (secondary N) is 1. The Morgan fingerprint density at radius 1 is 1.31 bits per heavy atom. The molecule has 0 saturated carbocycles. The Balaban J connectivity index is 2.26. The van der Waals surface area contributed by atoms with Crippen LogP contribution in [0, 0.1) is 0 Å². The van der Waals surface area contributed by atoms with Crippen LogP contribution in [-0.2, 0) is 0 Å². The predicted molar refractivity (Wildman–Crippen MR) is 55.0 cm³/mol. The normalized spacial score (nSPS) is 10.5. The number of furan rings is 1. The fourth-order valence-electron chi connectivity index (χ4n) is 1.35. The van der Waals surface area contributed by atoms with Gasteiger partial charge in [-0.05, 0) is 30.7 Å². The van der Waals surface area contributed by atoms with Gasteiger partial charge in [0.05, 0.1) is 6.26 Å². The standard InChI is InChI=1S/C11H13NO/c1-2-6-12-10-3-4-11-9(8-10)5-7-13-11/h3-5,7-8,12H,2,6H2,1H3. The molecule has 68 valence electrons. The van der Waals surface area contributed by atoms with E-state index in [4.69, 9.17) is 4.42 Å². The topological polar surface area (TPSA) is 25.2 Å². The van der Waals surface area contributed by atoms with Crippen molar-refractivity contribution in [2.75, 3.05) is 11.9 Å².